The quantitative estimate of drug-likeness (QED) is 0.599. The van der Waals surface area contributed by atoms with Crippen molar-refractivity contribution in [2.75, 3.05) is 27.2 Å². The van der Waals surface area contributed by atoms with Gasteiger partial charge in [-0.3, -0.25) is 9.98 Å². The maximum atomic E-state index is 5.35. The van der Waals surface area contributed by atoms with Crippen LogP contribution in [0.1, 0.15) is 19.5 Å². The van der Waals surface area contributed by atoms with E-state index in [-0.39, 0.29) is 5.60 Å². The minimum Gasteiger partial charge on any atom is -0.377 e. The van der Waals surface area contributed by atoms with E-state index in [0.29, 0.717) is 6.54 Å². The van der Waals surface area contributed by atoms with Gasteiger partial charge in [0.05, 0.1) is 5.60 Å². The van der Waals surface area contributed by atoms with Crippen molar-refractivity contribution in [1.29, 1.82) is 0 Å². The van der Waals surface area contributed by atoms with E-state index in [9.17, 15) is 0 Å². The summed E-state index contributed by atoms with van der Waals surface area (Å²) in [6.45, 7) is 5.55. The highest BCUT2D eigenvalue weighted by molar-refractivity contribution is 5.79. The Morgan fingerprint density at radius 2 is 2.16 bits per heavy atom. The van der Waals surface area contributed by atoms with Crippen LogP contribution in [0.25, 0.3) is 0 Å². The summed E-state index contributed by atoms with van der Waals surface area (Å²) in [6.07, 6.45) is 2.68. The summed E-state index contributed by atoms with van der Waals surface area (Å²) in [5.41, 5.74) is 0.862. The smallest absolute Gasteiger partial charge is 0.191 e. The standard InChI is InChI=1S/C14H24N4O/c1-14(2,19-4)11-18-13(15-3)17-10-8-12-7-5-6-9-16-12/h5-7,9H,8,10-11H2,1-4H3,(H2,15,17,18). The molecule has 1 heterocycles. The molecule has 5 nitrogen and oxygen atoms in total. The van der Waals surface area contributed by atoms with Gasteiger partial charge >= 0.3 is 0 Å². The van der Waals surface area contributed by atoms with Gasteiger partial charge < -0.3 is 15.4 Å². The molecule has 0 unspecified atom stereocenters. The molecule has 1 aromatic heterocycles. The van der Waals surface area contributed by atoms with Gasteiger partial charge in [-0.25, -0.2) is 0 Å². The summed E-state index contributed by atoms with van der Waals surface area (Å²) >= 11 is 0. The van der Waals surface area contributed by atoms with Crippen LogP contribution in [0, 0.1) is 0 Å². The molecule has 0 fully saturated rings. The summed E-state index contributed by atoms with van der Waals surface area (Å²) in [5.74, 6) is 0.779. The zero-order valence-corrected chi connectivity index (χ0v) is 12.2. The van der Waals surface area contributed by atoms with Crippen LogP contribution >= 0.6 is 0 Å². The maximum Gasteiger partial charge on any atom is 0.191 e. The largest absolute Gasteiger partial charge is 0.377 e. The molecule has 1 aromatic rings. The van der Waals surface area contributed by atoms with Crippen molar-refractivity contribution in [3.05, 3.63) is 30.1 Å². The Morgan fingerprint density at radius 1 is 1.37 bits per heavy atom. The highest BCUT2D eigenvalue weighted by Gasteiger charge is 2.16. The van der Waals surface area contributed by atoms with Gasteiger partial charge in [-0.05, 0) is 26.0 Å². The fourth-order valence-corrected chi connectivity index (χ4v) is 1.44. The zero-order valence-electron chi connectivity index (χ0n) is 12.2. The van der Waals surface area contributed by atoms with Crippen LogP contribution in [0.15, 0.2) is 29.4 Å². The first kappa shape index (κ1) is 15.4. The van der Waals surface area contributed by atoms with Crippen LogP contribution in [0.5, 0.6) is 0 Å². The van der Waals surface area contributed by atoms with Gasteiger partial charge in [0, 0.05) is 45.6 Å². The second-order valence-electron chi connectivity index (χ2n) is 4.89. The number of nitrogens with zero attached hydrogens (tertiary/aromatic N) is 2. The van der Waals surface area contributed by atoms with Crippen LogP contribution < -0.4 is 10.6 Å². The number of aromatic nitrogens is 1. The Bertz CT molecular complexity index is 390. The summed E-state index contributed by atoms with van der Waals surface area (Å²) in [4.78, 5) is 8.45. The lowest BCUT2D eigenvalue weighted by Gasteiger charge is -2.24. The molecular formula is C14H24N4O. The van der Waals surface area contributed by atoms with E-state index in [1.807, 2.05) is 38.2 Å². The van der Waals surface area contributed by atoms with Gasteiger partial charge in [0.2, 0.25) is 0 Å². The molecule has 0 spiro atoms. The molecule has 0 bridgehead atoms. The summed E-state index contributed by atoms with van der Waals surface area (Å²) in [5, 5.41) is 6.50. The summed E-state index contributed by atoms with van der Waals surface area (Å²) < 4.78 is 5.35. The van der Waals surface area contributed by atoms with Crippen molar-refractivity contribution in [2.24, 2.45) is 4.99 Å². The average Bonchev–Trinajstić information content (AvgIpc) is 2.43. The predicted octanol–water partition coefficient (Wildman–Crippen LogP) is 1.21. The van der Waals surface area contributed by atoms with E-state index in [2.05, 4.69) is 20.6 Å². The molecule has 0 aliphatic carbocycles. The topological polar surface area (TPSA) is 58.5 Å². The van der Waals surface area contributed by atoms with Gasteiger partial charge in [-0.1, -0.05) is 6.07 Å². The first-order valence-corrected chi connectivity index (χ1v) is 6.47. The van der Waals surface area contributed by atoms with Crippen molar-refractivity contribution in [1.82, 2.24) is 15.6 Å². The second kappa shape index (κ2) is 7.74. The molecule has 0 atom stereocenters. The van der Waals surface area contributed by atoms with E-state index in [0.717, 1.165) is 24.6 Å². The van der Waals surface area contributed by atoms with Crippen LogP contribution in [-0.4, -0.2) is 43.8 Å². The normalized spacial score (nSPS) is 12.3. The first-order valence-electron chi connectivity index (χ1n) is 6.47. The first-order chi connectivity index (χ1) is 9.07. The maximum absolute atomic E-state index is 5.35. The molecule has 106 valence electrons. The third kappa shape index (κ3) is 6.20. The molecule has 0 radical (unpaired) electrons. The molecule has 2 N–H and O–H groups in total. The fourth-order valence-electron chi connectivity index (χ4n) is 1.44. The molecule has 5 heteroatoms. The van der Waals surface area contributed by atoms with Crippen molar-refractivity contribution < 1.29 is 4.74 Å². The van der Waals surface area contributed by atoms with E-state index in [1.54, 1.807) is 14.2 Å². The van der Waals surface area contributed by atoms with Crippen LogP contribution in [-0.2, 0) is 11.2 Å². The lowest BCUT2D eigenvalue weighted by molar-refractivity contribution is 0.0268. The fraction of sp³-hybridized carbons (Fsp3) is 0.571. The van der Waals surface area contributed by atoms with Gasteiger partial charge in [-0.15, -0.1) is 0 Å². The molecule has 0 aliphatic rings. The number of methoxy groups -OCH3 is 1. The minimum atomic E-state index is -0.210. The van der Waals surface area contributed by atoms with Gasteiger partial charge in [0.1, 0.15) is 0 Å². The number of guanidine groups is 1. The minimum absolute atomic E-state index is 0.210. The van der Waals surface area contributed by atoms with Crippen LogP contribution in [0.4, 0.5) is 0 Å². The average molecular weight is 264 g/mol. The number of rotatable bonds is 6. The molecule has 0 aromatic carbocycles. The lowest BCUT2D eigenvalue weighted by atomic mass is 10.1. The number of pyridine rings is 1. The highest BCUT2D eigenvalue weighted by Crippen LogP contribution is 2.04. The number of nitrogens with one attached hydrogen (secondary N) is 2. The number of aliphatic imine (C=N–C) groups is 1. The molecule has 0 saturated carbocycles. The Balaban J connectivity index is 2.30. The summed E-state index contributed by atoms with van der Waals surface area (Å²) in [7, 11) is 3.47. The van der Waals surface area contributed by atoms with E-state index in [4.69, 9.17) is 4.74 Å². The van der Waals surface area contributed by atoms with Gasteiger partial charge in [0.15, 0.2) is 5.96 Å². The van der Waals surface area contributed by atoms with E-state index in [1.165, 1.54) is 0 Å². The molecule has 0 amide bonds. The molecule has 0 saturated heterocycles. The summed E-state index contributed by atoms with van der Waals surface area (Å²) in [6, 6.07) is 5.94. The Hall–Kier alpha value is -1.62. The van der Waals surface area contributed by atoms with E-state index < -0.39 is 0 Å². The number of hydrogen-bond donors (Lipinski definition) is 2. The van der Waals surface area contributed by atoms with Crippen molar-refractivity contribution >= 4 is 5.96 Å². The Labute approximate surface area is 115 Å². The van der Waals surface area contributed by atoms with Crippen molar-refractivity contribution in [3.8, 4) is 0 Å². The van der Waals surface area contributed by atoms with Gasteiger partial charge in [-0.2, -0.15) is 0 Å². The van der Waals surface area contributed by atoms with Crippen LogP contribution in [0.2, 0.25) is 0 Å². The highest BCUT2D eigenvalue weighted by atomic mass is 16.5. The van der Waals surface area contributed by atoms with Gasteiger partial charge in [0.25, 0.3) is 0 Å². The Kier molecular flexibility index (Phi) is 6.29. The molecule has 1 rings (SSSR count). The predicted molar refractivity (Wildman–Crippen MR) is 78.4 cm³/mol. The second-order valence-corrected chi connectivity index (χ2v) is 4.89. The molecular weight excluding hydrogens is 240 g/mol. The molecule has 19 heavy (non-hydrogen) atoms. The van der Waals surface area contributed by atoms with Crippen molar-refractivity contribution in [3.63, 3.8) is 0 Å². The number of ether oxygens (including phenoxy) is 1. The van der Waals surface area contributed by atoms with Crippen LogP contribution in [0.3, 0.4) is 0 Å². The third-order valence-electron chi connectivity index (χ3n) is 2.86. The zero-order chi connectivity index (χ0) is 14.1. The van der Waals surface area contributed by atoms with Crippen molar-refractivity contribution in [2.45, 2.75) is 25.9 Å². The third-order valence-corrected chi connectivity index (χ3v) is 2.86. The Morgan fingerprint density at radius 3 is 2.74 bits per heavy atom. The monoisotopic (exact) mass is 264 g/mol. The SMILES string of the molecule is CN=C(NCCc1ccccn1)NCC(C)(C)OC. The van der Waals surface area contributed by atoms with E-state index >= 15 is 0 Å². The number of hydrogen-bond acceptors (Lipinski definition) is 3. The lowest BCUT2D eigenvalue weighted by Crippen LogP contribution is -2.45. The molecule has 0 aliphatic heterocycles.